The van der Waals surface area contributed by atoms with E-state index in [2.05, 4.69) is 25.1 Å². The van der Waals surface area contributed by atoms with Gasteiger partial charge in [0, 0.05) is 42.5 Å². The molecule has 0 amide bonds. The highest BCUT2D eigenvalue weighted by Gasteiger charge is 2.21. The Kier molecular flexibility index (Phi) is 4.61. The Labute approximate surface area is 173 Å². The van der Waals surface area contributed by atoms with Crippen molar-refractivity contribution in [3.63, 3.8) is 0 Å². The number of aromatic nitrogens is 5. The summed E-state index contributed by atoms with van der Waals surface area (Å²) < 4.78 is 0. The minimum absolute atomic E-state index is 0.143. The lowest BCUT2D eigenvalue weighted by Gasteiger charge is -2.32. The number of nitrogens with one attached hydrogen (secondary N) is 1. The first-order chi connectivity index (χ1) is 14.2. The Balaban J connectivity index is 1.58. The molecular weight excluding hydrogens is 386 g/mol. The van der Waals surface area contributed by atoms with Gasteiger partial charge in [0.15, 0.2) is 0 Å². The molecule has 0 saturated carbocycles. The van der Waals surface area contributed by atoms with E-state index < -0.39 is 0 Å². The molecule has 1 saturated heterocycles. The fraction of sp³-hybridized carbons (Fsp3) is 0.238. The van der Waals surface area contributed by atoms with Crippen LogP contribution in [-0.2, 0) is 0 Å². The molecule has 0 aromatic carbocycles. The van der Waals surface area contributed by atoms with E-state index in [0.29, 0.717) is 5.02 Å². The number of rotatable bonds is 3. The van der Waals surface area contributed by atoms with Crippen molar-refractivity contribution in [2.24, 2.45) is 5.73 Å². The molecule has 1 atom stereocenters. The van der Waals surface area contributed by atoms with E-state index in [1.165, 1.54) is 0 Å². The SMILES string of the molecule is N[C@H]1CCCN(c2nc(-c3n[nH]c4cnc(-c5cccnc5)cc34)ccc2Cl)C1. The molecule has 5 heterocycles. The molecule has 7 nitrogen and oxygen atoms in total. The lowest BCUT2D eigenvalue weighted by molar-refractivity contribution is 0.503. The zero-order chi connectivity index (χ0) is 19.8. The van der Waals surface area contributed by atoms with Crippen molar-refractivity contribution in [1.82, 2.24) is 25.1 Å². The number of pyridine rings is 3. The highest BCUT2D eigenvalue weighted by atomic mass is 35.5. The van der Waals surface area contributed by atoms with Crippen molar-refractivity contribution >= 4 is 28.3 Å². The minimum Gasteiger partial charge on any atom is -0.354 e. The van der Waals surface area contributed by atoms with E-state index in [0.717, 1.165) is 65.3 Å². The molecule has 8 heteroatoms. The maximum absolute atomic E-state index is 6.47. The molecule has 0 aliphatic carbocycles. The van der Waals surface area contributed by atoms with Gasteiger partial charge in [0.1, 0.15) is 11.5 Å². The predicted octanol–water partition coefficient (Wildman–Crippen LogP) is 3.66. The highest BCUT2D eigenvalue weighted by molar-refractivity contribution is 6.33. The van der Waals surface area contributed by atoms with E-state index in [4.69, 9.17) is 22.3 Å². The number of nitrogens with two attached hydrogens (primary N) is 1. The van der Waals surface area contributed by atoms with Crippen LogP contribution in [0.5, 0.6) is 0 Å². The average Bonchev–Trinajstić information content (AvgIpc) is 3.18. The summed E-state index contributed by atoms with van der Waals surface area (Å²) in [6.07, 6.45) is 7.40. The second kappa shape index (κ2) is 7.42. The van der Waals surface area contributed by atoms with E-state index >= 15 is 0 Å². The molecule has 0 spiro atoms. The number of fused-ring (bicyclic) bond motifs is 1. The molecule has 0 radical (unpaired) electrons. The maximum atomic E-state index is 6.47. The quantitative estimate of drug-likeness (QED) is 0.540. The smallest absolute Gasteiger partial charge is 0.148 e. The van der Waals surface area contributed by atoms with Crippen LogP contribution in [0.2, 0.25) is 5.02 Å². The van der Waals surface area contributed by atoms with Crippen LogP contribution in [0, 0.1) is 0 Å². The molecule has 0 bridgehead atoms. The zero-order valence-corrected chi connectivity index (χ0v) is 16.5. The van der Waals surface area contributed by atoms with Gasteiger partial charge in [-0.2, -0.15) is 5.10 Å². The number of nitrogens with zero attached hydrogens (tertiary/aromatic N) is 5. The predicted molar refractivity (Wildman–Crippen MR) is 115 cm³/mol. The highest BCUT2D eigenvalue weighted by Crippen LogP contribution is 2.32. The van der Waals surface area contributed by atoms with Crippen LogP contribution < -0.4 is 10.6 Å². The average molecular weight is 406 g/mol. The van der Waals surface area contributed by atoms with Crippen molar-refractivity contribution in [3.05, 3.63) is 53.9 Å². The van der Waals surface area contributed by atoms with Crippen LogP contribution >= 0.6 is 11.6 Å². The first-order valence-electron chi connectivity index (χ1n) is 9.61. The minimum atomic E-state index is 0.143. The number of aromatic amines is 1. The first-order valence-corrected chi connectivity index (χ1v) is 9.99. The van der Waals surface area contributed by atoms with Crippen molar-refractivity contribution in [2.75, 3.05) is 18.0 Å². The standard InChI is InChI=1S/C21H20ClN7/c22-16-5-6-17(26-21(16)29-8-2-4-14(23)12-29)20-15-9-18(13-3-1-7-24-10-13)25-11-19(15)27-28-20/h1,3,5-7,9-11,14H,2,4,8,12,23H2,(H,27,28)/t14-/m0/s1. The molecule has 5 rings (SSSR count). The summed E-state index contributed by atoms with van der Waals surface area (Å²) in [5, 5.41) is 9.13. The van der Waals surface area contributed by atoms with Crippen LogP contribution in [-0.4, -0.2) is 44.3 Å². The summed E-state index contributed by atoms with van der Waals surface area (Å²) in [7, 11) is 0. The Bertz CT molecular complexity index is 1160. The summed E-state index contributed by atoms with van der Waals surface area (Å²) in [6, 6.07) is 9.81. The second-order valence-corrected chi connectivity index (χ2v) is 7.69. The van der Waals surface area contributed by atoms with E-state index in [1.807, 2.05) is 30.3 Å². The van der Waals surface area contributed by atoms with Gasteiger partial charge in [-0.25, -0.2) is 4.98 Å². The molecular formula is C21H20ClN7. The fourth-order valence-corrected chi connectivity index (χ4v) is 4.00. The molecule has 0 unspecified atom stereocenters. The zero-order valence-electron chi connectivity index (χ0n) is 15.7. The van der Waals surface area contributed by atoms with Crippen molar-refractivity contribution in [2.45, 2.75) is 18.9 Å². The van der Waals surface area contributed by atoms with Gasteiger partial charge in [0.05, 0.1) is 28.1 Å². The van der Waals surface area contributed by atoms with Gasteiger partial charge >= 0.3 is 0 Å². The number of piperidine rings is 1. The molecule has 4 aromatic rings. The largest absolute Gasteiger partial charge is 0.354 e. The molecule has 1 aliphatic rings. The fourth-order valence-electron chi connectivity index (χ4n) is 3.77. The number of anilines is 1. The summed E-state index contributed by atoms with van der Waals surface area (Å²) in [5.74, 6) is 0.761. The Morgan fingerprint density at radius 1 is 1.17 bits per heavy atom. The molecule has 1 aliphatic heterocycles. The van der Waals surface area contributed by atoms with Gasteiger partial charge in [-0.15, -0.1) is 0 Å². The van der Waals surface area contributed by atoms with Crippen molar-refractivity contribution in [1.29, 1.82) is 0 Å². The van der Waals surface area contributed by atoms with Gasteiger partial charge < -0.3 is 10.6 Å². The van der Waals surface area contributed by atoms with E-state index in [9.17, 15) is 0 Å². The Morgan fingerprint density at radius 3 is 2.93 bits per heavy atom. The van der Waals surface area contributed by atoms with Gasteiger partial charge in [0.25, 0.3) is 0 Å². The third-order valence-corrected chi connectivity index (χ3v) is 5.53. The number of hydrogen-bond donors (Lipinski definition) is 2. The van der Waals surface area contributed by atoms with E-state index in [1.54, 1.807) is 18.6 Å². The summed E-state index contributed by atoms with van der Waals surface area (Å²) in [4.78, 5) is 15.7. The lowest BCUT2D eigenvalue weighted by Crippen LogP contribution is -2.43. The first kappa shape index (κ1) is 18.0. The van der Waals surface area contributed by atoms with Crippen molar-refractivity contribution in [3.8, 4) is 22.6 Å². The second-order valence-electron chi connectivity index (χ2n) is 7.28. The third-order valence-electron chi connectivity index (χ3n) is 5.23. The lowest BCUT2D eigenvalue weighted by atomic mass is 10.1. The third kappa shape index (κ3) is 3.43. The van der Waals surface area contributed by atoms with Gasteiger partial charge in [-0.3, -0.25) is 15.1 Å². The van der Waals surface area contributed by atoms with E-state index in [-0.39, 0.29) is 6.04 Å². The molecule has 3 N–H and O–H groups in total. The van der Waals surface area contributed by atoms with Crippen molar-refractivity contribution < 1.29 is 0 Å². The summed E-state index contributed by atoms with van der Waals surface area (Å²) in [5.41, 5.74) is 10.3. The van der Waals surface area contributed by atoms with Crippen LogP contribution in [0.4, 0.5) is 5.82 Å². The van der Waals surface area contributed by atoms with Gasteiger partial charge in [-0.1, -0.05) is 11.6 Å². The van der Waals surface area contributed by atoms with Crippen LogP contribution in [0.25, 0.3) is 33.5 Å². The van der Waals surface area contributed by atoms with Crippen LogP contribution in [0.1, 0.15) is 12.8 Å². The maximum Gasteiger partial charge on any atom is 0.148 e. The normalized spacial score (nSPS) is 17.0. The summed E-state index contributed by atoms with van der Waals surface area (Å²) in [6.45, 7) is 1.66. The van der Waals surface area contributed by atoms with Crippen LogP contribution in [0.15, 0.2) is 48.9 Å². The molecule has 29 heavy (non-hydrogen) atoms. The summed E-state index contributed by atoms with van der Waals surface area (Å²) >= 11 is 6.47. The molecule has 4 aromatic heterocycles. The van der Waals surface area contributed by atoms with Crippen LogP contribution in [0.3, 0.4) is 0 Å². The Hall–Kier alpha value is -3.03. The monoisotopic (exact) mass is 405 g/mol. The molecule has 1 fully saturated rings. The molecule has 146 valence electrons. The number of halogens is 1. The number of hydrogen-bond acceptors (Lipinski definition) is 6. The Morgan fingerprint density at radius 2 is 2.10 bits per heavy atom. The number of H-pyrrole nitrogens is 1. The van der Waals surface area contributed by atoms with Gasteiger partial charge in [0.2, 0.25) is 0 Å². The van der Waals surface area contributed by atoms with Gasteiger partial charge in [-0.05, 0) is 43.2 Å². The topological polar surface area (TPSA) is 96.6 Å².